The van der Waals surface area contributed by atoms with Crippen LogP contribution in [0.2, 0.25) is 0 Å². The number of sulfone groups is 1. The van der Waals surface area contributed by atoms with Gasteiger partial charge in [0.05, 0.1) is 24.0 Å². The number of allylic oxidation sites excluding steroid dienone is 1. The topological polar surface area (TPSA) is 109 Å². The molecule has 1 atom stereocenters. The first kappa shape index (κ1) is 18.6. The van der Waals surface area contributed by atoms with Gasteiger partial charge in [-0.25, -0.2) is 8.42 Å². The van der Waals surface area contributed by atoms with E-state index < -0.39 is 38.5 Å². The van der Waals surface area contributed by atoms with E-state index in [1.807, 2.05) is 0 Å². The zero-order valence-corrected chi connectivity index (χ0v) is 13.7. The lowest BCUT2D eigenvalue weighted by Crippen LogP contribution is -2.34. The van der Waals surface area contributed by atoms with Crippen molar-refractivity contribution in [3.8, 4) is 0 Å². The van der Waals surface area contributed by atoms with Gasteiger partial charge in [-0.05, 0) is 12.1 Å². The van der Waals surface area contributed by atoms with Crippen molar-refractivity contribution in [2.45, 2.75) is 11.8 Å². The molecule has 0 radical (unpaired) electrons. The van der Waals surface area contributed by atoms with Crippen molar-refractivity contribution in [1.82, 2.24) is 0 Å². The fourth-order valence-electron chi connectivity index (χ4n) is 2.04. The SMILES string of the molecule is COC(=O)C(C(=O)OC)C(C)C(=C=[N-])S(=O)(=O)c1ccccc1. The summed E-state index contributed by atoms with van der Waals surface area (Å²) in [5.74, 6) is -3.13. The summed E-state index contributed by atoms with van der Waals surface area (Å²) in [6.45, 7) is 1.29. The Kier molecular flexibility index (Phi) is 6.24. The summed E-state index contributed by atoms with van der Waals surface area (Å²) < 4.78 is 34.2. The van der Waals surface area contributed by atoms with E-state index in [1.54, 1.807) is 11.9 Å². The molecule has 1 rings (SSSR count). The molecule has 23 heavy (non-hydrogen) atoms. The number of methoxy groups -OCH3 is 2. The van der Waals surface area contributed by atoms with Gasteiger partial charge < -0.3 is 14.9 Å². The average molecular weight is 338 g/mol. The minimum atomic E-state index is -4.14. The number of nitrogens with zero attached hydrogens (tertiary/aromatic N) is 1. The predicted octanol–water partition coefficient (Wildman–Crippen LogP) is 1.18. The summed E-state index contributed by atoms with van der Waals surface area (Å²) in [4.78, 5) is 22.9. The third kappa shape index (κ3) is 3.85. The van der Waals surface area contributed by atoms with E-state index in [9.17, 15) is 23.4 Å². The molecule has 0 saturated heterocycles. The van der Waals surface area contributed by atoms with Crippen LogP contribution in [0.5, 0.6) is 0 Å². The molecule has 0 bridgehead atoms. The van der Waals surface area contributed by atoms with Crippen LogP contribution in [0.1, 0.15) is 6.92 Å². The van der Waals surface area contributed by atoms with Gasteiger partial charge >= 0.3 is 11.9 Å². The van der Waals surface area contributed by atoms with Crippen molar-refractivity contribution in [2.75, 3.05) is 14.2 Å². The van der Waals surface area contributed by atoms with E-state index >= 15 is 0 Å². The molecule has 1 unspecified atom stereocenters. The second-order valence-electron chi connectivity index (χ2n) is 4.61. The van der Waals surface area contributed by atoms with Crippen LogP contribution in [-0.4, -0.2) is 40.4 Å². The quantitative estimate of drug-likeness (QED) is 0.438. The first-order valence-corrected chi connectivity index (χ1v) is 8.02. The van der Waals surface area contributed by atoms with Gasteiger partial charge in [0.2, 0.25) is 9.84 Å². The van der Waals surface area contributed by atoms with E-state index in [-0.39, 0.29) is 4.90 Å². The number of carbonyl (C=O) groups is 2. The molecule has 0 N–H and O–H groups in total. The summed E-state index contributed by atoms with van der Waals surface area (Å²) in [5, 5.41) is 9.28. The molecule has 0 heterocycles. The highest BCUT2D eigenvalue weighted by molar-refractivity contribution is 7.95. The summed E-state index contributed by atoms with van der Waals surface area (Å²) in [5.41, 5.74) is 0. The Morgan fingerprint density at radius 3 is 1.96 bits per heavy atom. The summed E-state index contributed by atoms with van der Waals surface area (Å²) in [6.07, 6.45) is 0. The maximum atomic E-state index is 12.6. The Morgan fingerprint density at radius 1 is 1.09 bits per heavy atom. The van der Waals surface area contributed by atoms with Crippen molar-refractivity contribution >= 4 is 27.6 Å². The normalized spacial score (nSPS) is 12.2. The molecule has 8 heteroatoms. The van der Waals surface area contributed by atoms with Crippen molar-refractivity contribution in [3.05, 3.63) is 40.6 Å². The van der Waals surface area contributed by atoms with Gasteiger partial charge in [0, 0.05) is 5.92 Å². The molecular weight excluding hydrogens is 322 g/mol. The molecule has 0 aliphatic heterocycles. The maximum Gasteiger partial charge on any atom is 0.320 e. The zero-order valence-electron chi connectivity index (χ0n) is 12.8. The van der Waals surface area contributed by atoms with E-state index in [1.165, 1.54) is 31.2 Å². The molecule has 0 saturated carbocycles. The summed E-state index contributed by atoms with van der Waals surface area (Å²) >= 11 is 0. The van der Waals surface area contributed by atoms with Crippen LogP contribution >= 0.6 is 0 Å². The zero-order chi connectivity index (χ0) is 17.6. The molecule has 124 valence electrons. The Balaban J connectivity index is 3.36. The first-order chi connectivity index (χ1) is 10.8. The van der Waals surface area contributed by atoms with Gasteiger partial charge in [0.15, 0.2) is 5.92 Å². The molecule has 0 amide bonds. The lowest BCUT2D eigenvalue weighted by Gasteiger charge is -2.22. The molecule has 0 aromatic heterocycles. The van der Waals surface area contributed by atoms with E-state index in [4.69, 9.17) is 0 Å². The Morgan fingerprint density at radius 2 is 1.57 bits per heavy atom. The molecule has 1 aromatic rings. The van der Waals surface area contributed by atoms with Gasteiger partial charge in [-0.15, -0.1) is 0 Å². The fraction of sp³-hybridized carbons (Fsp3) is 0.333. The Hall–Kier alpha value is -2.44. The van der Waals surface area contributed by atoms with Gasteiger partial charge in [0.1, 0.15) is 0 Å². The van der Waals surface area contributed by atoms with Crippen molar-refractivity contribution < 1.29 is 27.5 Å². The van der Waals surface area contributed by atoms with Gasteiger partial charge in [-0.2, -0.15) is 0 Å². The molecular formula is C15H16NO6S-. The molecule has 0 aliphatic rings. The van der Waals surface area contributed by atoms with Crippen LogP contribution in [0.25, 0.3) is 5.41 Å². The van der Waals surface area contributed by atoms with Gasteiger partial charge in [-0.1, -0.05) is 25.1 Å². The van der Waals surface area contributed by atoms with Crippen LogP contribution in [0.4, 0.5) is 0 Å². The van der Waals surface area contributed by atoms with Crippen molar-refractivity contribution in [3.63, 3.8) is 0 Å². The number of benzene rings is 1. The van der Waals surface area contributed by atoms with E-state index in [0.717, 1.165) is 14.2 Å². The fourth-order valence-corrected chi connectivity index (χ4v) is 3.56. The summed E-state index contributed by atoms with van der Waals surface area (Å²) in [6, 6.07) is 7.28. The highest BCUT2D eigenvalue weighted by Gasteiger charge is 2.40. The molecule has 0 fully saturated rings. The second-order valence-corrected chi connectivity index (χ2v) is 6.52. The largest absolute Gasteiger partial charge is 0.762 e. The summed E-state index contributed by atoms with van der Waals surface area (Å²) in [7, 11) is -2.02. The second kappa shape index (κ2) is 7.71. The average Bonchev–Trinajstić information content (AvgIpc) is 2.55. The monoisotopic (exact) mass is 338 g/mol. The van der Waals surface area contributed by atoms with Gasteiger partial charge in [-0.3, -0.25) is 15.5 Å². The minimum absolute atomic E-state index is 0.100. The van der Waals surface area contributed by atoms with E-state index in [2.05, 4.69) is 9.47 Å². The number of carbonyl (C=O) groups excluding carboxylic acids is 2. The van der Waals surface area contributed by atoms with Crippen molar-refractivity contribution in [2.24, 2.45) is 11.8 Å². The maximum absolute atomic E-state index is 12.6. The number of hydrogen-bond donors (Lipinski definition) is 0. The van der Waals surface area contributed by atoms with E-state index in [0.29, 0.717) is 0 Å². The number of ether oxygens (including phenoxy) is 2. The van der Waals surface area contributed by atoms with Crippen LogP contribution in [0.15, 0.2) is 40.1 Å². The lowest BCUT2D eigenvalue weighted by molar-refractivity contribution is -0.160. The van der Waals surface area contributed by atoms with Crippen LogP contribution in [0, 0.1) is 11.8 Å². The molecule has 0 spiro atoms. The lowest BCUT2D eigenvalue weighted by atomic mass is 9.94. The highest BCUT2D eigenvalue weighted by atomic mass is 32.2. The molecule has 0 aliphatic carbocycles. The smallest absolute Gasteiger partial charge is 0.320 e. The van der Waals surface area contributed by atoms with Gasteiger partial charge in [0.25, 0.3) is 0 Å². The van der Waals surface area contributed by atoms with Crippen LogP contribution in [-0.2, 0) is 28.9 Å². The number of rotatable bonds is 6. The minimum Gasteiger partial charge on any atom is -0.762 e. The first-order valence-electron chi connectivity index (χ1n) is 6.54. The predicted molar refractivity (Wildman–Crippen MR) is 82.2 cm³/mol. The standard InChI is InChI=1S/C15H16NO6S/c1-10(13(14(17)21-2)15(18)22-3)12(9-16)23(19,20)11-7-5-4-6-8-11/h4-8,10,13H,1-3H3/q-1. The molecule has 7 nitrogen and oxygen atoms in total. The number of esters is 2. The highest BCUT2D eigenvalue weighted by Crippen LogP contribution is 2.29. The van der Waals surface area contributed by atoms with Crippen LogP contribution < -0.4 is 0 Å². The number of hydrogen-bond acceptors (Lipinski definition) is 6. The third-order valence-corrected chi connectivity index (χ3v) is 5.21. The van der Waals surface area contributed by atoms with Crippen LogP contribution in [0.3, 0.4) is 0 Å². The molecule has 1 aromatic carbocycles. The van der Waals surface area contributed by atoms with Crippen molar-refractivity contribution in [1.29, 1.82) is 0 Å². The third-order valence-electron chi connectivity index (χ3n) is 3.28. The Labute approximate surface area is 134 Å². The Bertz CT molecular complexity index is 718.